The maximum Gasteiger partial charge on any atom is 0.263 e. The summed E-state index contributed by atoms with van der Waals surface area (Å²) in [6.07, 6.45) is 0.176. The van der Waals surface area contributed by atoms with Crippen LogP contribution in [0.1, 0.15) is 35.6 Å². The van der Waals surface area contributed by atoms with Crippen molar-refractivity contribution in [2.75, 3.05) is 0 Å². The van der Waals surface area contributed by atoms with Crippen molar-refractivity contribution < 1.29 is 13.6 Å². The molecule has 110 valence electrons. The lowest BCUT2D eigenvalue weighted by atomic mass is 10.1. The SMILES string of the molecule is CCc1cccc(C=NOCc2ccc(C(F)F)cc2)c1. The van der Waals surface area contributed by atoms with Gasteiger partial charge in [0, 0.05) is 5.56 Å². The summed E-state index contributed by atoms with van der Waals surface area (Å²) in [5.74, 6) is 0. The summed E-state index contributed by atoms with van der Waals surface area (Å²) in [6, 6.07) is 14.1. The molecule has 2 aromatic carbocycles. The molecule has 21 heavy (non-hydrogen) atoms. The second kappa shape index (κ2) is 7.53. The second-order valence-corrected chi connectivity index (χ2v) is 4.65. The summed E-state index contributed by atoms with van der Waals surface area (Å²) in [4.78, 5) is 5.18. The maximum atomic E-state index is 12.4. The lowest BCUT2D eigenvalue weighted by Crippen LogP contribution is -1.90. The molecule has 2 nitrogen and oxygen atoms in total. The molecule has 0 saturated carbocycles. The fourth-order valence-corrected chi connectivity index (χ4v) is 1.86. The topological polar surface area (TPSA) is 21.6 Å². The van der Waals surface area contributed by atoms with Gasteiger partial charge in [-0.15, -0.1) is 0 Å². The number of aryl methyl sites for hydroxylation is 1. The van der Waals surface area contributed by atoms with Crippen molar-refractivity contribution in [1.29, 1.82) is 0 Å². The van der Waals surface area contributed by atoms with E-state index in [2.05, 4.69) is 18.1 Å². The van der Waals surface area contributed by atoms with Crippen molar-refractivity contribution in [3.8, 4) is 0 Å². The first kappa shape index (κ1) is 15.2. The molecule has 2 aromatic rings. The second-order valence-electron chi connectivity index (χ2n) is 4.65. The van der Waals surface area contributed by atoms with Gasteiger partial charge >= 0.3 is 0 Å². The summed E-state index contributed by atoms with van der Waals surface area (Å²) < 4.78 is 24.8. The highest BCUT2D eigenvalue weighted by Gasteiger charge is 2.05. The summed E-state index contributed by atoms with van der Waals surface area (Å²) in [5, 5.41) is 3.90. The van der Waals surface area contributed by atoms with Crippen LogP contribution in [0, 0.1) is 0 Å². The van der Waals surface area contributed by atoms with Crippen LogP contribution in [-0.4, -0.2) is 6.21 Å². The van der Waals surface area contributed by atoms with E-state index < -0.39 is 6.43 Å². The van der Waals surface area contributed by atoms with Gasteiger partial charge in [0.2, 0.25) is 0 Å². The maximum absolute atomic E-state index is 12.4. The van der Waals surface area contributed by atoms with E-state index in [-0.39, 0.29) is 12.2 Å². The zero-order valence-electron chi connectivity index (χ0n) is 11.8. The molecule has 0 N–H and O–H groups in total. The Morgan fingerprint density at radius 1 is 1.10 bits per heavy atom. The Labute approximate surface area is 123 Å². The molecule has 0 aliphatic heterocycles. The number of hydrogen-bond donors (Lipinski definition) is 0. The molecule has 0 bridgehead atoms. The smallest absolute Gasteiger partial charge is 0.263 e. The van der Waals surface area contributed by atoms with Crippen LogP contribution in [0.15, 0.2) is 53.7 Å². The molecule has 4 heteroatoms. The Balaban J connectivity index is 1.87. The van der Waals surface area contributed by atoms with Crippen LogP contribution in [-0.2, 0) is 17.9 Å². The fourth-order valence-electron chi connectivity index (χ4n) is 1.86. The van der Waals surface area contributed by atoms with E-state index in [4.69, 9.17) is 4.84 Å². The van der Waals surface area contributed by atoms with Crippen molar-refractivity contribution in [2.24, 2.45) is 5.16 Å². The number of rotatable bonds is 6. The van der Waals surface area contributed by atoms with Crippen molar-refractivity contribution in [3.63, 3.8) is 0 Å². The molecule has 0 spiro atoms. The van der Waals surface area contributed by atoms with Crippen molar-refractivity contribution >= 4 is 6.21 Å². The third kappa shape index (κ3) is 4.67. The standard InChI is InChI=1S/C17H17F2NO/c1-2-13-4-3-5-15(10-13)11-20-21-12-14-6-8-16(9-7-14)17(18)19/h3-11,17H,2,12H2,1H3. The van der Waals surface area contributed by atoms with Gasteiger partial charge in [-0.05, 0) is 23.1 Å². The average Bonchev–Trinajstić information content (AvgIpc) is 2.52. The molecule has 0 atom stereocenters. The van der Waals surface area contributed by atoms with Crippen LogP contribution in [0.3, 0.4) is 0 Å². The Kier molecular flexibility index (Phi) is 5.43. The van der Waals surface area contributed by atoms with Gasteiger partial charge in [-0.1, -0.05) is 60.6 Å². The normalized spacial score (nSPS) is 11.2. The molecule has 0 amide bonds. The summed E-state index contributed by atoms with van der Waals surface area (Å²) in [5.41, 5.74) is 3.03. The van der Waals surface area contributed by atoms with E-state index in [0.29, 0.717) is 0 Å². The highest BCUT2D eigenvalue weighted by molar-refractivity contribution is 5.79. The first-order valence-electron chi connectivity index (χ1n) is 6.80. The van der Waals surface area contributed by atoms with Gasteiger partial charge in [-0.25, -0.2) is 8.78 Å². The van der Waals surface area contributed by atoms with E-state index in [1.54, 1.807) is 18.3 Å². The van der Waals surface area contributed by atoms with E-state index in [9.17, 15) is 8.78 Å². The molecule has 0 heterocycles. The average molecular weight is 289 g/mol. The van der Waals surface area contributed by atoms with Crippen LogP contribution >= 0.6 is 0 Å². The van der Waals surface area contributed by atoms with Gasteiger partial charge in [-0.2, -0.15) is 0 Å². The lowest BCUT2D eigenvalue weighted by molar-refractivity contribution is 0.131. The van der Waals surface area contributed by atoms with Gasteiger partial charge < -0.3 is 4.84 Å². The van der Waals surface area contributed by atoms with Crippen LogP contribution in [0.25, 0.3) is 0 Å². The molecule has 2 rings (SSSR count). The number of hydrogen-bond acceptors (Lipinski definition) is 2. The van der Waals surface area contributed by atoms with Gasteiger partial charge in [0.05, 0.1) is 6.21 Å². The van der Waals surface area contributed by atoms with Gasteiger partial charge in [-0.3, -0.25) is 0 Å². The van der Waals surface area contributed by atoms with E-state index >= 15 is 0 Å². The van der Waals surface area contributed by atoms with Crippen molar-refractivity contribution in [3.05, 3.63) is 70.8 Å². The zero-order valence-corrected chi connectivity index (χ0v) is 11.8. The highest BCUT2D eigenvalue weighted by Crippen LogP contribution is 2.18. The van der Waals surface area contributed by atoms with E-state index in [0.717, 1.165) is 17.5 Å². The Morgan fingerprint density at radius 3 is 2.52 bits per heavy atom. The van der Waals surface area contributed by atoms with Crippen molar-refractivity contribution in [1.82, 2.24) is 0 Å². The molecular formula is C17H17F2NO. The third-order valence-electron chi connectivity index (χ3n) is 3.10. The summed E-state index contributed by atoms with van der Waals surface area (Å²) in [6.45, 7) is 2.35. The minimum absolute atomic E-state index is 0.0126. The molecule has 0 aliphatic carbocycles. The number of alkyl halides is 2. The van der Waals surface area contributed by atoms with E-state index in [1.165, 1.54) is 17.7 Å². The predicted molar refractivity (Wildman–Crippen MR) is 79.6 cm³/mol. The quantitative estimate of drug-likeness (QED) is 0.556. The molecule has 0 aromatic heterocycles. The molecule has 0 aliphatic rings. The van der Waals surface area contributed by atoms with Gasteiger partial charge in [0.1, 0.15) is 6.61 Å². The minimum Gasteiger partial charge on any atom is -0.391 e. The first-order valence-corrected chi connectivity index (χ1v) is 6.80. The summed E-state index contributed by atoms with van der Waals surface area (Å²) in [7, 11) is 0. The number of benzene rings is 2. The fraction of sp³-hybridized carbons (Fsp3) is 0.235. The van der Waals surface area contributed by atoms with Crippen LogP contribution in [0.4, 0.5) is 8.78 Å². The predicted octanol–water partition coefficient (Wildman–Crippen LogP) is 4.74. The zero-order chi connectivity index (χ0) is 15.1. The van der Waals surface area contributed by atoms with Crippen molar-refractivity contribution in [2.45, 2.75) is 26.4 Å². The number of oxime groups is 1. The third-order valence-corrected chi connectivity index (χ3v) is 3.10. The van der Waals surface area contributed by atoms with Crippen LogP contribution < -0.4 is 0 Å². The molecule has 0 unspecified atom stereocenters. The Morgan fingerprint density at radius 2 is 1.86 bits per heavy atom. The highest BCUT2D eigenvalue weighted by atomic mass is 19.3. The molecular weight excluding hydrogens is 272 g/mol. The lowest BCUT2D eigenvalue weighted by Gasteiger charge is -2.02. The first-order chi connectivity index (χ1) is 10.2. The van der Waals surface area contributed by atoms with Crippen LogP contribution in [0.2, 0.25) is 0 Å². The largest absolute Gasteiger partial charge is 0.391 e. The van der Waals surface area contributed by atoms with Gasteiger partial charge in [0.15, 0.2) is 0 Å². The minimum atomic E-state index is -2.44. The summed E-state index contributed by atoms with van der Waals surface area (Å²) >= 11 is 0. The Bertz CT molecular complexity index is 594. The number of nitrogens with zero attached hydrogens (tertiary/aromatic N) is 1. The number of halogens is 2. The molecule has 0 fully saturated rings. The van der Waals surface area contributed by atoms with Crippen LogP contribution in [0.5, 0.6) is 0 Å². The Hall–Kier alpha value is -2.23. The monoisotopic (exact) mass is 289 g/mol. The molecule has 0 saturated heterocycles. The molecule has 0 radical (unpaired) electrons. The van der Waals surface area contributed by atoms with Gasteiger partial charge in [0.25, 0.3) is 6.43 Å². The van der Waals surface area contributed by atoms with E-state index in [1.807, 2.05) is 18.2 Å².